The molecule has 2 rings (SSSR count). The van der Waals surface area contributed by atoms with E-state index in [0.29, 0.717) is 27.0 Å². The molecule has 0 heterocycles. The predicted octanol–water partition coefficient (Wildman–Crippen LogP) is 4.44. The number of ether oxygens (including phenoxy) is 1. The molecule has 120 valence electrons. The van der Waals surface area contributed by atoms with Crippen LogP contribution in [-0.2, 0) is 0 Å². The van der Waals surface area contributed by atoms with Gasteiger partial charge in [-0.1, -0.05) is 35.3 Å². The van der Waals surface area contributed by atoms with Gasteiger partial charge in [0, 0.05) is 5.02 Å². The Bertz CT molecular complexity index is 766. The Morgan fingerprint density at radius 3 is 2.65 bits per heavy atom. The van der Waals surface area contributed by atoms with E-state index < -0.39 is 0 Å². The fraction of sp³-hybridized carbons (Fsp3) is 0.125. The average molecular weight is 369 g/mol. The largest absolute Gasteiger partial charge is 0.496 e. The molecule has 0 unspecified atom stereocenters. The monoisotopic (exact) mass is 368 g/mol. The normalized spacial score (nSPS) is 10.1. The summed E-state index contributed by atoms with van der Waals surface area (Å²) in [6, 6.07) is 10.2. The molecule has 4 nitrogen and oxygen atoms in total. The number of methoxy groups -OCH3 is 1. The number of anilines is 1. The van der Waals surface area contributed by atoms with Crippen molar-refractivity contribution in [2.24, 2.45) is 0 Å². The lowest BCUT2D eigenvalue weighted by molar-refractivity contribution is 0.0974. The zero-order valence-electron chi connectivity index (χ0n) is 12.4. The summed E-state index contributed by atoms with van der Waals surface area (Å²) in [7, 11) is 1.52. The van der Waals surface area contributed by atoms with Gasteiger partial charge in [0.25, 0.3) is 5.91 Å². The number of para-hydroxylation sites is 1. The van der Waals surface area contributed by atoms with Crippen molar-refractivity contribution in [1.29, 1.82) is 0 Å². The van der Waals surface area contributed by atoms with E-state index in [-0.39, 0.29) is 11.0 Å². The van der Waals surface area contributed by atoms with Crippen molar-refractivity contribution < 1.29 is 9.53 Å². The second-order valence-electron chi connectivity index (χ2n) is 4.69. The smallest absolute Gasteiger partial charge is 0.261 e. The Balaban J connectivity index is 2.13. The summed E-state index contributed by atoms with van der Waals surface area (Å²) < 4.78 is 5.27. The first-order valence-corrected chi connectivity index (χ1v) is 7.79. The second kappa shape index (κ2) is 7.64. The number of benzene rings is 2. The number of nitrogens with one attached hydrogen (secondary N) is 2. The minimum absolute atomic E-state index is 0.114. The number of carbonyl (C=O) groups excluding carboxylic acids is 1. The van der Waals surface area contributed by atoms with Crippen molar-refractivity contribution in [2.45, 2.75) is 6.92 Å². The summed E-state index contributed by atoms with van der Waals surface area (Å²) in [6.07, 6.45) is 0. The molecule has 0 aliphatic heterocycles. The maximum atomic E-state index is 12.4. The van der Waals surface area contributed by atoms with Gasteiger partial charge >= 0.3 is 0 Å². The maximum absolute atomic E-state index is 12.4. The van der Waals surface area contributed by atoms with Gasteiger partial charge in [0.1, 0.15) is 5.75 Å². The van der Waals surface area contributed by atoms with Gasteiger partial charge in [-0.15, -0.1) is 0 Å². The third-order valence-electron chi connectivity index (χ3n) is 3.06. The van der Waals surface area contributed by atoms with Crippen molar-refractivity contribution in [1.82, 2.24) is 5.32 Å². The third-order valence-corrected chi connectivity index (χ3v) is 3.83. The minimum atomic E-state index is -0.374. The maximum Gasteiger partial charge on any atom is 0.261 e. The number of rotatable bonds is 3. The third kappa shape index (κ3) is 4.34. The highest BCUT2D eigenvalue weighted by atomic mass is 35.5. The fourth-order valence-corrected chi connectivity index (χ4v) is 2.56. The molecule has 1 amide bonds. The zero-order chi connectivity index (χ0) is 17.0. The molecule has 2 N–H and O–H groups in total. The summed E-state index contributed by atoms with van der Waals surface area (Å²) in [5, 5.41) is 6.50. The lowest BCUT2D eigenvalue weighted by Gasteiger charge is -2.13. The van der Waals surface area contributed by atoms with Crippen molar-refractivity contribution in [3.05, 3.63) is 57.6 Å². The van der Waals surface area contributed by atoms with E-state index in [2.05, 4.69) is 10.6 Å². The van der Waals surface area contributed by atoms with Crippen LogP contribution in [0.4, 0.5) is 5.69 Å². The molecular weight excluding hydrogens is 355 g/mol. The topological polar surface area (TPSA) is 50.4 Å². The summed E-state index contributed by atoms with van der Waals surface area (Å²) in [4.78, 5) is 12.4. The first-order chi connectivity index (χ1) is 10.9. The molecule has 0 aromatic heterocycles. The molecule has 0 fully saturated rings. The van der Waals surface area contributed by atoms with Crippen LogP contribution in [0.1, 0.15) is 15.9 Å². The van der Waals surface area contributed by atoms with Gasteiger partial charge in [-0.05, 0) is 49.0 Å². The molecule has 0 saturated heterocycles. The van der Waals surface area contributed by atoms with Crippen molar-refractivity contribution in [2.75, 3.05) is 12.4 Å². The Kier molecular flexibility index (Phi) is 5.82. The number of hydrogen-bond acceptors (Lipinski definition) is 3. The van der Waals surface area contributed by atoms with E-state index in [1.54, 1.807) is 30.3 Å². The molecule has 7 heteroatoms. The molecule has 0 saturated carbocycles. The minimum Gasteiger partial charge on any atom is -0.496 e. The van der Waals surface area contributed by atoms with E-state index in [9.17, 15) is 4.79 Å². The van der Waals surface area contributed by atoms with Gasteiger partial charge < -0.3 is 10.1 Å². The van der Waals surface area contributed by atoms with Crippen LogP contribution in [0.15, 0.2) is 36.4 Å². The van der Waals surface area contributed by atoms with Crippen LogP contribution in [-0.4, -0.2) is 18.1 Å². The van der Waals surface area contributed by atoms with Crippen LogP contribution in [0, 0.1) is 6.92 Å². The Labute approximate surface area is 149 Å². The number of amides is 1. The van der Waals surface area contributed by atoms with Crippen LogP contribution in [0.5, 0.6) is 5.75 Å². The lowest BCUT2D eigenvalue weighted by Crippen LogP contribution is -2.34. The lowest BCUT2D eigenvalue weighted by atomic mass is 10.1. The standard InChI is InChI=1S/C16H14Cl2N2O2S/c1-9-4-3-5-11(14(9)22-2)15(21)20-16(23)19-13-8-10(17)6-7-12(13)18/h3-8H,1-2H3,(H2,19,20,21,23). The summed E-state index contributed by atoms with van der Waals surface area (Å²) in [6.45, 7) is 1.86. The molecule has 23 heavy (non-hydrogen) atoms. The number of hydrogen-bond donors (Lipinski definition) is 2. The van der Waals surface area contributed by atoms with Gasteiger partial charge in [0.05, 0.1) is 23.4 Å². The van der Waals surface area contributed by atoms with Crippen LogP contribution in [0.2, 0.25) is 10.0 Å². The second-order valence-corrected chi connectivity index (χ2v) is 5.94. The summed E-state index contributed by atoms with van der Waals surface area (Å²) in [5.74, 6) is 0.134. The predicted molar refractivity (Wildman–Crippen MR) is 97.9 cm³/mol. The fourth-order valence-electron chi connectivity index (χ4n) is 2.02. The highest BCUT2D eigenvalue weighted by Crippen LogP contribution is 2.26. The van der Waals surface area contributed by atoms with Gasteiger partial charge in [0.15, 0.2) is 5.11 Å². The zero-order valence-corrected chi connectivity index (χ0v) is 14.8. The first kappa shape index (κ1) is 17.5. The molecule has 0 aliphatic rings. The molecule has 0 atom stereocenters. The van der Waals surface area contributed by atoms with Crippen LogP contribution < -0.4 is 15.4 Å². The molecule has 0 radical (unpaired) electrons. The molecule has 0 spiro atoms. The van der Waals surface area contributed by atoms with Gasteiger partial charge in [-0.3, -0.25) is 10.1 Å². The quantitative estimate of drug-likeness (QED) is 0.786. The van der Waals surface area contributed by atoms with Crippen molar-refractivity contribution in [3.63, 3.8) is 0 Å². The van der Waals surface area contributed by atoms with E-state index in [1.165, 1.54) is 7.11 Å². The number of halogens is 2. The average Bonchev–Trinajstić information content (AvgIpc) is 2.50. The summed E-state index contributed by atoms with van der Waals surface area (Å²) >= 11 is 17.1. The van der Waals surface area contributed by atoms with Gasteiger partial charge in [0.2, 0.25) is 0 Å². The van der Waals surface area contributed by atoms with Crippen molar-refractivity contribution >= 4 is 52.1 Å². The van der Waals surface area contributed by atoms with Crippen molar-refractivity contribution in [3.8, 4) is 5.75 Å². The van der Waals surface area contributed by atoms with Gasteiger partial charge in [-0.2, -0.15) is 0 Å². The van der Waals surface area contributed by atoms with Crippen LogP contribution in [0.25, 0.3) is 0 Å². The number of thiocarbonyl (C=S) groups is 1. The Morgan fingerprint density at radius 2 is 1.96 bits per heavy atom. The molecule has 0 aliphatic carbocycles. The van der Waals surface area contributed by atoms with Crippen LogP contribution in [0.3, 0.4) is 0 Å². The first-order valence-electron chi connectivity index (χ1n) is 6.63. The highest BCUT2D eigenvalue weighted by Gasteiger charge is 2.15. The Hall–Kier alpha value is -1.82. The molecule has 0 bridgehead atoms. The Morgan fingerprint density at radius 1 is 1.22 bits per heavy atom. The number of aryl methyl sites for hydroxylation is 1. The van der Waals surface area contributed by atoms with E-state index in [4.69, 9.17) is 40.2 Å². The highest BCUT2D eigenvalue weighted by molar-refractivity contribution is 7.80. The van der Waals surface area contributed by atoms with Crippen LogP contribution >= 0.6 is 35.4 Å². The van der Waals surface area contributed by atoms with E-state index >= 15 is 0 Å². The SMILES string of the molecule is COc1c(C)cccc1C(=O)NC(=S)Nc1cc(Cl)ccc1Cl. The summed E-state index contributed by atoms with van der Waals surface area (Å²) in [5.41, 5.74) is 1.77. The number of carbonyl (C=O) groups is 1. The molecular formula is C16H14Cl2N2O2S. The van der Waals surface area contributed by atoms with Gasteiger partial charge in [-0.25, -0.2) is 0 Å². The van der Waals surface area contributed by atoms with E-state index in [0.717, 1.165) is 5.56 Å². The van der Waals surface area contributed by atoms with E-state index in [1.807, 2.05) is 13.0 Å². The molecule has 2 aromatic carbocycles. The molecule has 2 aromatic rings.